The van der Waals surface area contributed by atoms with E-state index in [1.54, 1.807) is 0 Å². The SMILES string of the molecule is Cl.NCc1nc(CN2CCSC3CCCCC32)no1. The van der Waals surface area contributed by atoms with Crippen molar-refractivity contribution in [2.45, 2.75) is 50.1 Å². The first-order chi connectivity index (χ1) is 8.86. The van der Waals surface area contributed by atoms with Crippen LogP contribution in [0.15, 0.2) is 4.52 Å². The number of aromatic nitrogens is 2. The second-order valence-corrected chi connectivity index (χ2v) is 6.39. The molecule has 0 amide bonds. The fourth-order valence-corrected chi connectivity index (χ4v) is 4.50. The summed E-state index contributed by atoms with van der Waals surface area (Å²) in [4.78, 5) is 6.84. The smallest absolute Gasteiger partial charge is 0.240 e. The summed E-state index contributed by atoms with van der Waals surface area (Å²) in [7, 11) is 0. The van der Waals surface area contributed by atoms with E-state index in [4.69, 9.17) is 10.3 Å². The molecule has 2 aliphatic rings. The number of rotatable bonds is 3. The Bertz CT molecular complexity index is 401. The van der Waals surface area contributed by atoms with Crippen LogP contribution in [-0.4, -0.2) is 38.6 Å². The van der Waals surface area contributed by atoms with Crippen molar-refractivity contribution < 1.29 is 4.52 Å². The van der Waals surface area contributed by atoms with E-state index >= 15 is 0 Å². The second-order valence-electron chi connectivity index (χ2n) is 5.04. The lowest BCUT2D eigenvalue weighted by molar-refractivity contribution is 0.150. The average Bonchev–Trinajstić information content (AvgIpc) is 2.87. The molecule has 0 aromatic carbocycles. The number of thioether (sulfide) groups is 1. The minimum absolute atomic E-state index is 0. The summed E-state index contributed by atoms with van der Waals surface area (Å²) in [6.45, 7) is 2.28. The molecular formula is C12H21ClN4OS. The predicted octanol–water partition coefficient (Wildman–Crippen LogP) is 1.81. The first-order valence-corrected chi connectivity index (χ1v) is 7.79. The minimum atomic E-state index is 0. The van der Waals surface area contributed by atoms with Gasteiger partial charge in [-0.15, -0.1) is 12.4 Å². The molecule has 1 saturated carbocycles. The van der Waals surface area contributed by atoms with Gasteiger partial charge in [0.2, 0.25) is 5.89 Å². The van der Waals surface area contributed by atoms with Gasteiger partial charge < -0.3 is 10.3 Å². The molecule has 1 aliphatic heterocycles. The van der Waals surface area contributed by atoms with Gasteiger partial charge in [0.15, 0.2) is 5.82 Å². The summed E-state index contributed by atoms with van der Waals surface area (Å²) in [6, 6.07) is 0.706. The Labute approximate surface area is 124 Å². The highest BCUT2D eigenvalue weighted by molar-refractivity contribution is 8.00. The Morgan fingerprint density at radius 1 is 1.37 bits per heavy atom. The Morgan fingerprint density at radius 2 is 2.21 bits per heavy atom. The van der Waals surface area contributed by atoms with Crippen LogP contribution in [0.2, 0.25) is 0 Å². The van der Waals surface area contributed by atoms with Crippen LogP contribution in [0.1, 0.15) is 37.4 Å². The molecule has 3 rings (SSSR count). The van der Waals surface area contributed by atoms with Crippen molar-refractivity contribution in [1.82, 2.24) is 15.0 Å². The number of hydrogen-bond donors (Lipinski definition) is 1. The maximum Gasteiger partial charge on any atom is 0.240 e. The number of fused-ring (bicyclic) bond motifs is 1. The zero-order valence-electron chi connectivity index (χ0n) is 11.0. The molecule has 7 heteroatoms. The summed E-state index contributed by atoms with van der Waals surface area (Å²) < 4.78 is 5.07. The second kappa shape index (κ2) is 6.92. The molecule has 0 spiro atoms. The average molecular weight is 305 g/mol. The third-order valence-corrected chi connectivity index (χ3v) is 5.27. The van der Waals surface area contributed by atoms with Gasteiger partial charge in [-0.1, -0.05) is 18.0 Å². The first-order valence-electron chi connectivity index (χ1n) is 6.74. The van der Waals surface area contributed by atoms with Crippen molar-refractivity contribution >= 4 is 24.2 Å². The molecule has 108 valence electrons. The predicted molar refractivity (Wildman–Crippen MR) is 78.3 cm³/mol. The van der Waals surface area contributed by atoms with Crippen molar-refractivity contribution in [2.24, 2.45) is 5.73 Å². The molecule has 5 nitrogen and oxygen atoms in total. The normalized spacial score (nSPS) is 27.6. The zero-order chi connectivity index (χ0) is 12.4. The van der Waals surface area contributed by atoms with Gasteiger partial charge in [0.05, 0.1) is 13.1 Å². The largest absolute Gasteiger partial charge is 0.338 e. The standard InChI is InChI=1S/C12H20N4OS.ClH/c13-7-12-14-11(15-17-12)8-16-5-6-18-10-4-2-1-3-9(10)16;/h9-10H,1-8,13H2;1H. The number of hydrogen-bond acceptors (Lipinski definition) is 6. The Hall–Kier alpha value is -0.300. The molecule has 2 unspecified atom stereocenters. The van der Waals surface area contributed by atoms with Gasteiger partial charge in [-0.25, -0.2) is 0 Å². The lowest BCUT2D eigenvalue weighted by Gasteiger charge is -2.43. The summed E-state index contributed by atoms with van der Waals surface area (Å²) >= 11 is 2.15. The van der Waals surface area contributed by atoms with Gasteiger partial charge in [0, 0.05) is 23.6 Å². The van der Waals surface area contributed by atoms with E-state index in [0.29, 0.717) is 18.5 Å². The van der Waals surface area contributed by atoms with Crippen LogP contribution in [0.25, 0.3) is 0 Å². The molecule has 2 fully saturated rings. The summed E-state index contributed by atoms with van der Waals surface area (Å²) in [5, 5.41) is 4.82. The van der Waals surface area contributed by atoms with Crippen LogP contribution in [0.3, 0.4) is 0 Å². The highest BCUT2D eigenvalue weighted by atomic mass is 35.5. The molecule has 0 bridgehead atoms. The van der Waals surface area contributed by atoms with Crippen LogP contribution in [-0.2, 0) is 13.1 Å². The van der Waals surface area contributed by atoms with Crippen LogP contribution >= 0.6 is 24.2 Å². The lowest BCUT2D eigenvalue weighted by atomic mass is 9.93. The fraction of sp³-hybridized carbons (Fsp3) is 0.833. The van der Waals surface area contributed by atoms with E-state index in [0.717, 1.165) is 24.2 Å². The third kappa shape index (κ3) is 3.42. The van der Waals surface area contributed by atoms with Gasteiger partial charge in [0.1, 0.15) is 0 Å². The van der Waals surface area contributed by atoms with Crippen molar-refractivity contribution in [3.05, 3.63) is 11.7 Å². The van der Waals surface area contributed by atoms with Crippen molar-refractivity contribution in [2.75, 3.05) is 12.3 Å². The lowest BCUT2D eigenvalue weighted by Crippen LogP contribution is -2.48. The summed E-state index contributed by atoms with van der Waals surface area (Å²) in [5.41, 5.74) is 5.49. The molecule has 2 N–H and O–H groups in total. The Kier molecular flexibility index (Phi) is 5.50. The highest BCUT2D eigenvalue weighted by Crippen LogP contribution is 2.35. The van der Waals surface area contributed by atoms with Crippen LogP contribution in [0, 0.1) is 0 Å². The molecule has 1 aromatic heterocycles. The van der Waals surface area contributed by atoms with Gasteiger partial charge >= 0.3 is 0 Å². The van der Waals surface area contributed by atoms with E-state index in [1.807, 2.05) is 0 Å². The molecular weight excluding hydrogens is 284 g/mol. The Balaban J connectivity index is 0.00000133. The summed E-state index contributed by atoms with van der Waals surface area (Å²) in [5.74, 6) is 2.55. The monoisotopic (exact) mass is 304 g/mol. The third-order valence-electron chi connectivity index (χ3n) is 3.88. The van der Waals surface area contributed by atoms with Gasteiger partial charge in [0.25, 0.3) is 0 Å². The van der Waals surface area contributed by atoms with Crippen molar-refractivity contribution in [3.8, 4) is 0 Å². The van der Waals surface area contributed by atoms with E-state index in [2.05, 4.69) is 26.8 Å². The molecule has 19 heavy (non-hydrogen) atoms. The minimum Gasteiger partial charge on any atom is -0.338 e. The molecule has 1 aromatic rings. The highest BCUT2D eigenvalue weighted by Gasteiger charge is 2.34. The van der Waals surface area contributed by atoms with E-state index < -0.39 is 0 Å². The molecule has 0 radical (unpaired) electrons. The van der Waals surface area contributed by atoms with E-state index in [9.17, 15) is 0 Å². The maximum absolute atomic E-state index is 5.49. The van der Waals surface area contributed by atoms with Gasteiger partial charge in [-0.3, -0.25) is 4.90 Å². The first kappa shape index (κ1) is 15.1. The van der Waals surface area contributed by atoms with Crippen molar-refractivity contribution in [1.29, 1.82) is 0 Å². The number of halogens is 1. The van der Waals surface area contributed by atoms with Crippen LogP contribution < -0.4 is 5.73 Å². The van der Waals surface area contributed by atoms with Gasteiger partial charge in [-0.05, 0) is 12.8 Å². The molecule has 2 atom stereocenters. The van der Waals surface area contributed by atoms with E-state index in [-0.39, 0.29) is 12.4 Å². The van der Waals surface area contributed by atoms with Gasteiger partial charge in [-0.2, -0.15) is 16.7 Å². The summed E-state index contributed by atoms with van der Waals surface area (Å²) in [6.07, 6.45) is 5.44. The van der Waals surface area contributed by atoms with Crippen LogP contribution in [0.4, 0.5) is 0 Å². The van der Waals surface area contributed by atoms with Crippen LogP contribution in [0.5, 0.6) is 0 Å². The topological polar surface area (TPSA) is 68.2 Å². The number of nitrogens with two attached hydrogens (primary N) is 1. The molecule has 2 heterocycles. The maximum atomic E-state index is 5.49. The van der Waals surface area contributed by atoms with E-state index in [1.165, 1.54) is 31.4 Å². The molecule has 1 aliphatic carbocycles. The fourth-order valence-electron chi connectivity index (χ4n) is 2.99. The Morgan fingerprint density at radius 3 is 3.00 bits per heavy atom. The quantitative estimate of drug-likeness (QED) is 0.918. The van der Waals surface area contributed by atoms with Crippen molar-refractivity contribution in [3.63, 3.8) is 0 Å². The molecule has 1 saturated heterocycles. The number of nitrogens with zero attached hydrogens (tertiary/aromatic N) is 3. The zero-order valence-corrected chi connectivity index (χ0v) is 12.6.